The Balaban J connectivity index is 1.34. The highest BCUT2D eigenvalue weighted by atomic mass is 16.7. The summed E-state index contributed by atoms with van der Waals surface area (Å²) in [5.41, 5.74) is 2.22. The average molecular weight is 416 g/mol. The standard InChI is InChI=1S/C27H29NO3/c29-27(22-8-3-1-4-9-22,23-10-5-2-6-11-23)24-12-7-16-28(19-24)17-15-21-13-14-25-26(18-21)31-20-30-25/h1-6,8-11,13-14,18,24,29H,7,12,15-17,19-20H2. The molecule has 0 aromatic heterocycles. The summed E-state index contributed by atoms with van der Waals surface area (Å²) >= 11 is 0. The molecule has 1 atom stereocenters. The first kappa shape index (κ1) is 20.1. The number of hydrogen-bond acceptors (Lipinski definition) is 4. The number of piperidine rings is 1. The second-order valence-corrected chi connectivity index (χ2v) is 8.58. The van der Waals surface area contributed by atoms with Gasteiger partial charge in [-0.15, -0.1) is 0 Å². The van der Waals surface area contributed by atoms with Crippen LogP contribution in [0, 0.1) is 5.92 Å². The van der Waals surface area contributed by atoms with Gasteiger partial charge in [0.2, 0.25) is 6.79 Å². The first-order valence-corrected chi connectivity index (χ1v) is 11.2. The van der Waals surface area contributed by atoms with E-state index in [1.165, 1.54) is 5.56 Å². The molecule has 0 radical (unpaired) electrons. The summed E-state index contributed by atoms with van der Waals surface area (Å²) < 4.78 is 10.9. The molecule has 160 valence electrons. The van der Waals surface area contributed by atoms with Crippen molar-refractivity contribution in [3.05, 3.63) is 95.6 Å². The summed E-state index contributed by atoms with van der Waals surface area (Å²) in [6.07, 6.45) is 3.06. The molecule has 2 aliphatic rings. The Morgan fingerprint density at radius 2 is 1.55 bits per heavy atom. The number of ether oxygens (including phenoxy) is 2. The maximum absolute atomic E-state index is 12.1. The van der Waals surface area contributed by atoms with E-state index >= 15 is 0 Å². The van der Waals surface area contributed by atoms with Gasteiger partial charge >= 0.3 is 0 Å². The quantitative estimate of drug-likeness (QED) is 0.639. The number of fused-ring (bicyclic) bond motifs is 1. The number of nitrogens with zero attached hydrogens (tertiary/aromatic N) is 1. The molecule has 4 nitrogen and oxygen atoms in total. The van der Waals surface area contributed by atoms with Crippen LogP contribution >= 0.6 is 0 Å². The van der Waals surface area contributed by atoms with Gasteiger partial charge < -0.3 is 19.5 Å². The molecule has 3 aromatic rings. The highest BCUT2D eigenvalue weighted by molar-refractivity contribution is 5.44. The Morgan fingerprint density at radius 3 is 2.26 bits per heavy atom. The van der Waals surface area contributed by atoms with Crippen LogP contribution in [0.1, 0.15) is 29.5 Å². The van der Waals surface area contributed by atoms with Crippen LogP contribution in [0.15, 0.2) is 78.9 Å². The molecule has 2 aliphatic heterocycles. The molecule has 0 aliphatic carbocycles. The van der Waals surface area contributed by atoms with Crippen molar-refractivity contribution in [1.29, 1.82) is 0 Å². The first-order valence-electron chi connectivity index (χ1n) is 11.2. The fourth-order valence-electron chi connectivity index (χ4n) is 5.01. The van der Waals surface area contributed by atoms with Gasteiger partial charge in [-0.2, -0.15) is 0 Å². The summed E-state index contributed by atoms with van der Waals surface area (Å²) in [6, 6.07) is 26.5. The van der Waals surface area contributed by atoms with Gasteiger partial charge in [-0.05, 0) is 54.6 Å². The third kappa shape index (κ3) is 4.06. The van der Waals surface area contributed by atoms with E-state index in [1.807, 2.05) is 42.5 Å². The van der Waals surface area contributed by atoms with Crippen LogP contribution in [-0.2, 0) is 12.0 Å². The van der Waals surface area contributed by atoms with Gasteiger partial charge in [-0.25, -0.2) is 0 Å². The summed E-state index contributed by atoms with van der Waals surface area (Å²) in [5.74, 6) is 1.82. The van der Waals surface area contributed by atoms with Crippen LogP contribution in [0.3, 0.4) is 0 Å². The molecule has 1 fully saturated rings. The topological polar surface area (TPSA) is 41.9 Å². The van der Waals surface area contributed by atoms with Crippen molar-refractivity contribution < 1.29 is 14.6 Å². The van der Waals surface area contributed by atoms with Crippen molar-refractivity contribution in [3.63, 3.8) is 0 Å². The molecule has 4 heteroatoms. The van der Waals surface area contributed by atoms with Gasteiger partial charge in [-0.3, -0.25) is 0 Å². The predicted molar refractivity (Wildman–Crippen MR) is 121 cm³/mol. The molecule has 31 heavy (non-hydrogen) atoms. The number of likely N-dealkylation sites (tertiary alicyclic amines) is 1. The van der Waals surface area contributed by atoms with Crippen LogP contribution in [0.4, 0.5) is 0 Å². The zero-order valence-electron chi connectivity index (χ0n) is 17.7. The normalized spacial score (nSPS) is 18.8. The largest absolute Gasteiger partial charge is 0.454 e. The van der Waals surface area contributed by atoms with E-state index in [0.717, 1.165) is 61.5 Å². The molecule has 1 saturated heterocycles. The van der Waals surface area contributed by atoms with Gasteiger partial charge in [0.25, 0.3) is 0 Å². The van der Waals surface area contributed by atoms with Crippen molar-refractivity contribution in [1.82, 2.24) is 4.90 Å². The smallest absolute Gasteiger partial charge is 0.231 e. The van der Waals surface area contributed by atoms with Gasteiger partial charge in [0.15, 0.2) is 11.5 Å². The zero-order valence-corrected chi connectivity index (χ0v) is 17.7. The van der Waals surface area contributed by atoms with Crippen LogP contribution in [-0.4, -0.2) is 36.4 Å². The maximum atomic E-state index is 12.1. The molecule has 3 aromatic carbocycles. The number of rotatable bonds is 6. The minimum atomic E-state index is -0.986. The molecular weight excluding hydrogens is 386 g/mol. The van der Waals surface area contributed by atoms with Crippen LogP contribution in [0.2, 0.25) is 0 Å². The zero-order chi connectivity index (χ0) is 21.1. The van der Waals surface area contributed by atoms with Crippen molar-refractivity contribution in [2.45, 2.75) is 24.9 Å². The minimum Gasteiger partial charge on any atom is -0.454 e. The minimum absolute atomic E-state index is 0.141. The first-order chi connectivity index (χ1) is 15.2. The van der Waals surface area contributed by atoms with E-state index in [1.54, 1.807) is 0 Å². The van der Waals surface area contributed by atoms with E-state index in [0.29, 0.717) is 6.79 Å². The van der Waals surface area contributed by atoms with Gasteiger partial charge in [0.1, 0.15) is 5.60 Å². The molecule has 1 N–H and O–H groups in total. The van der Waals surface area contributed by atoms with Gasteiger partial charge in [0, 0.05) is 19.0 Å². The maximum Gasteiger partial charge on any atom is 0.231 e. The van der Waals surface area contributed by atoms with Gasteiger partial charge in [-0.1, -0.05) is 66.7 Å². The predicted octanol–water partition coefficient (Wildman–Crippen LogP) is 4.61. The fraction of sp³-hybridized carbons (Fsp3) is 0.333. The van der Waals surface area contributed by atoms with Gasteiger partial charge in [0.05, 0.1) is 0 Å². The van der Waals surface area contributed by atoms with Crippen molar-refractivity contribution in [2.75, 3.05) is 26.4 Å². The third-order valence-corrected chi connectivity index (χ3v) is 6.68. The Bertz CT molecular complexity index is 966. The van der Waals surface area contributed by atoms with E-state index in [-0.39, 0.29) is 5.92 Å². The van der Waals surface area contributed by atoms with Crippen molar-refractivity contribution in [2.24, 2.45) is 5.92 Å². The molecule has 2 heterocycles. The Kier molecular flexibility index (Phi) is 5.66. The Morgan fingerprint density at radius 1 is 0.871 bits per heavy atom. The molecule has 1 unspecified atom stereocenters. The monoisotopic (exact) mass is 415 g/mol. The lowest BCUT2D eigenvalue weighted by Gasteiger charge is -2.43. The van der Waals surface area contributed by atoms with Crippen LogP contribution in [0.25, 0.3) is 0 Å². The lowest BCUT2D eigenvalue weighted by Crippen LogP contribution is -2.47. The third-order valence-electron chi connectivity index (χ3n) is 6.68. The Labute approximate surface area is 184 Å². The SMILES string of the molecule is OC(c1ccccc1)(c1ccccc1)C1CCCN(CCc2ccc3c(c2)OCO3)C1. The van der Waals surface area contributed by atoms with Crippen molar-refractivity contribution in [3.8, 4) is 11.5 Å². The van der Waals surface area contributed by atoms with Crippen molar-refractivity contribution >= 4 is 0 Å². The second-order valence-electron chi connectivity index (χ2n) is 8.58. The fourth-order valence-corrected chi connectivity index (χ4v) is 5.01. The highest BCUT2D eigenvalue weighted by Crippen LogP contribution is 2.41. The van der Waals surface area contributed by atoms with E-state index < -0.39 is 5.60 Å². The molecule has 0 amide bonds. The Hall–Kier alpha value is -2.82. The molecule has 5 rings (SSSR count). The van der Waals surface area contributed by atoms with E-state index in [9.17, 15) is 5.11 Å². The second kappa shape index (κ2) is 8.74. The summed E-state index contributed by atoms with van der Waals surface area (Å²) in [5, 5.41) is 12.1. The number of aliphatic hydroxyl groups is 1. The van der Waals surface area contributed by atoms with Crippen LogP contribution < -0.4 is 9.47 Å². The number of benzene rings is 3. The average Bonchev–Trinajstić information content (AvgIpc) is 3.31. The summed E-state index contributed by atoms with van der Waals surface area (Å²) in [4.78, 5) is 2.50. The molecule has 0 bridgehead atoms. The summed E-state index contributed by atoms with van der Waals surface area (Å²) in [7, 11) is 0. The molecular formula is C27H29NO3. The van der Waals surface area contributed by atoms with E-state index in [4.69, 9.17) is 9.47 Å². The van der Waals surface area contributed by atoms with Crippen LogP contribution in [0.5, 0.6) is 11.5 Å². The summed E-state index contributed by atoms with van der Waals surface area (Å²) in [6.45, 7) is 3.23. The molecule has 0 saturated carbocycles. The lowest BCUT2D eigenvalue weighted by molar-refractivity contribution is -0.0196. The number of hydrogen-bond donors (Lipinski definition) is 1. The van der Waals surface area contributed by atoms with E-state index in [2.05, 4.69) is 41.3 Å². The highest BCUT2D eigenvalue weighted by Gasteiger charge is 2.41. The lowest BCUT2D eigenvalue weighted by atomic mass is 9.73. The molecule has 0 spiro atoms.